The number of nitrogens with zero attached hydrogens (tertiary/aromatic N) is 1. The highest BCUT2D eigenvalue weighted by atomic mass is 16.6. The third kappa shape index (κ3) is 2.97. The standard InChI is InChI=1S/C14H12N2O5/c1-2-21-14(18)12-8-15-7-11(13(12)17)9-3-5-10(6-4-9)16(19)20/h3-8H,2H2,1H3,(H,15,17). The van der Waals surface area contributed by atoms with Gasteiger partial charge in [-0.25, -0.2) is 4.79 Å². The smallest absolute Gasteiger partial charge is 0.343 e. The van der Waals surface area contributed by atoms with Gasteiger partial charge in [0.1, 0.15) is 5.56 Å². The topological polar surface area (TPSA) is 102 Å². The van der Waals surface area contributed by atoms with E-state index in [1.54, 1.807) is 6.92 Å². The Hall–Kier alpha value is -2.96. The molecule has 7 heteroatoms. The Bertz CT molecular complexity index is 734. The first-order valence-corrected chi connectivity index (χ1v) is 6.17. The van der Waals surface area contributed by atoms with Gasteiger partial charge in [0.25, 0.3) is 5.69 Å². The highest BCUT2D eigenvalue weighted by Crippen LogP contribution is 2.19. The highest BCUT2D eigenvalue weighted by molar-refractivity contribution is 5.90. The van der Waals surface area contributed by atoms with Crippen LogP contribution in [0.2, 0.25) is 0 Å². The van der Waals surface area contributed by atoms with Crippen LogP contribution in [0.15, 0.2) is 41.5 Å². The van der Waals surface area contributed by atoms with Gasteiger partial charge in [0.05, 0.1) is 11.5 Å². The summed E-state index contributed by atoms with van der Waals surface area (Å²) in [5.41, 5.74) is 0.0638. The van der Waals surface area contributed by atoms with Crippen molar-refractivity contribution in [3.63, 3.8) is 0 Å². The summed E-state index contributed by atoms with van der Waals surface area (Å²) in [4.78, 5) is 36.7. The van der Waals surface area contributed by atoms with Gasteiger partial charge in [-0.15, -0.1) is 0 Å². The van der Waals surface area contributed by atoms with E-state index in [1.165, 1.54) is 36.7 Å². The number of nitro groups is 1. The maximum atomic E-state index is 12.2. The van der Waals surface area contributed by atoms with Crippen LogP contribution in [-0.2, 0) is 4.74 Å². The number of rotatable bonds is 4. The lowest BCUT2D eigenvalue weighted by molar-refractivity contribution is -0.384. The van der Waals surface area contributed by atoms with Gasteiger partial charge in [-0.3, -0.25) is 14.9 Å². The zero-order valence-electron chi connectivity index (χ0n) is 11.2. The molecule has 0 aliphatic carbocycles. The number of non-ortho nitro benzene ring substituents is 1. The molecule has 0 spiro atoms. The molecule has 7 nitrogen and oxygen atoms in total. The first kappa shape index (κ1) is 14.4. The highest BCUT2D eigenvalue weighted by Gasteiger charge is 2.15. The second kappa shape index (κ2) is 6.00. The molecule has 1 N–H and O–H groups in total. The molecule has 0 saturated heterocycles. The molecular formula is C14H12N2O5. The van der Waals surface area contributed by atoms with Crippen LogP contribution in [-0.4, -0.2) is 22.5 Å². The van der Waals surface area contributed by atoms with Crippen LogP contribution in [0.3, 0.4) is 0 Å². The molecule has 1 aromatic heterocycles. The molecule has 0 bridgehead atoms. The fourth-order valence-corrected chi connectivity index (χ4v) is 1.82. The molecular weight excluding hydrogens is 276 g/mol. The van der Waals surface area contributed by atoms with Crippen LogP contribution in [0, 0.1) is 10.1 Å². The van der Waals surface area contributed by atoms with E-state index < -0.39 is 16.3 Å². The van der Waals surface area contributed by atoms with E-state index in [2.05, 4.69) is 4.98 Å². The average molecular weight is 288 g/mol. The number of H-pyrrole nitrogens is 1. The predicted octanol–water partition coefficient (Wildman–Crippen LogP) is 2.13. The Balaban J connectivity index is 2.45. The SMILES string of the molecule is CCOC(=O)c1c[nH]cc(-c2ccc([N+](=O)[O-])cc2)c1=O. The fraction of sp³-hybridized carbons (Fsp3) is 0.143. The third-order valence-corrected chi connectivity index (χ3v) is 2.83. The minimum Gasteiger partial charge on any atom is -0.462 e. The molecule has 0 aliphatic heterocycles. The minimum atomic E-state index is -0.706. The second-order valence-electron chi connectivity index (χ2n) is 4.14. The van der Waals surface area contributed by atoms with Crippen molar-refractivity contribution in [3.8, 4) is 11.1 Å². The van der Waals surface area contributed by atoms with Gasteiger partial charge in [0.15, 0.2) is 0 Å². The molecule has 0 radical (unpaired) electrons. The van der Waals surface area contributed by atoms with Gasteiger partial charge in [-0.1, -0.05) is 0 Å². The van der Waals surface area contributed by atoms with E-state index in [0.29, 0.717) is 5.56 Å². The van der Waals surface area contributed by atoms with Gasteiger partial charge in [0, 0.05) is 30.1 Å². The van der Waals surface area contributed by atoms with Gasteiger partial charge < -0.3 is 9.72 Å². The molecule has 0 amide bonds. The number of pyridine rings is 1. The summed E-state index contributed by atoms with van der Waals surface area (Å²) in [6.45, 7) is 1.81. The Kier molecular flexibility index (Phi) is 4.13. The van der Waals surface area contributed by atoms with Crippen LogP contribution in [0.4, 0.5) is 5.69 Å². The van der Waals surface area contributed by atoms with E-state index in [9.17, 15) is 19.7 Å². The van der Waals surface area contributed by atoms with Crippen LogP contribution < -0.4 is 5.43 Å². The molecule has 0 fully saturated rings. The second-order valence-corrected chi connectivity index (χ2v) is 4.14. The number of hydrogen-bond donors (Lipinski definition) is 1. The lowest BCUT2D eigenvalue weighted by Crippen LogP contribution is -2.19. The van der Waals surface area contributed by atoms with Crippen molar-refractivity contribution >= 4 is 11.7 Å². The molecule has 0 unspecified atom stereocenters. The summed E-state index contributed by atoms with van der Waals surface area (Å²) in [6, 6.07) is 5.51. The van der Waals surface area contributed by atoms with Crippen molar-refractivity contribution in [1.29, 1.82) is 0 Å². The van der Waals surface area contributed by atoms with E-state index in [0.717, 1.165) is 0 Å². The number of carbonyl (C=O) groups is 1. The number of nitrogens with one attached hydrogen (secondary N) is 1. The number of carbonyl (C=O) groups excluding carboxylic acids is 1. The molecule has 2 aromatic rings. The quantitative estimate of drug-likeness (QED) is 0.527. The Morgan fingerprint density at radius 2 is 1.95 bits per heavy atom. The Morgan fingerprint density at radius 3 is 2.52 bits per heavy atom. The number of benzene rings is 1. The molecule has 1 aromatic carbocycles. The Morgan fingerprint density at radius 1 is 1.29 bits per heavy atom. The van der Waals surface area contributed by atoms with Crippen molar-refractivity contribution in [3.05, 3.63) is 62.6 Å². The fourth-order valence-electron chi connectivity index (χ4n) is 1.82. The van der Waals surface area contributed by atoms with E-state index >= 15 is 0 Å². The van der Waals surface area contributed by atoms with Crippen molar-refractivity contribution in [1.82, 2.24) is 4.98 Å². The van der Waals surface area contributed by atoms with Gasteiger partial charge in [0.2, 0.25) is 5.43 Å². The summed E-state index contributed by atoms with van der Waals surface area (Å²) in [7, 11) is 0. The molecule has 2 rings (SSSR count). The molecule has 21 heavy (non-hydrogen) atoms. The van der Waals surface area contributed by atoms with E-state index in [1.807, 2.05) is 0 Å². The van der Waals surface area contributed by atoms with Gasteiger partial charge in [-0.2, -0.15) is 0 Å². The summed E-state index contributed by atoms with van der Waals surface area (Å²) in [6.07, 6.45) is 2.71. The number of esters is 1. The minimum absolute atomic E-state index is 0.0725. The van der Waals surface area contributed by atoms with Crippen LogP contribution in [0.25, 0.3) is 11.1 Å². The summed E-state index contributed by atoms with van der Waals surface area (Å²) in [5.74, 6) is -0.706. The largest absolute Gasteiger partial charge is 0.462 e. The van der Waals surface area contributed by atoms with E-state index in [-0.39, 0.29) is 23.4 Å². The number of nitro benzene ring substituents is 1. The number of hydrogen-bond acceptors (Lipinski definition) is 5. The average Bonchev–Trinajstić information content (AvgIpc) is 2.48. The number of ether oxygens (including phenoxy) is 1. The van der Waals surface area contributed by atoms with Crippen molar-refractivity contribution in [2.75, 3.05) is 6.61 Å². The number of aromatic nitrogens is 1. The van der Waals surface area contributed by atoms with Crippen molar-refractivity contribution in [2.45, 2.75) is 6.92 Å². The first-order chi connectivity index (χ1) is 10.0. The normalized spacial score (nSPS) is 10.1. The molecule has 0 saturated carbocycles. The lowest BCUT2D eigenvalue weighted by Gasteiger charge is -2.04. The number of aromatic amines is 1. The maximum absolute atomic E-state index is 12.2. The van der Waals surface area contributed by atoms with Crippen LogP contribution in [0.1, 0.15) is 17.3 Å². The third-order valence-electron chi connectivity index (χ3n) is 2.83. The molecule has 0 atom stereocenters. The zero-order chi connectivity index (χ0) is 15.4. The lowest BCUT2D eigenvalue weighted by atomic mass is 10.1. The van der Waals surface area contributed by atoms with E-state index in [4.69, 9.17) is 4.74 Å². The van der Waals surface area contributed by atoms with Gasteiger partial charge >= 0.3 is 5.97 Å². The molecule has 108 valence electrons. The monoisotopic (exact) mass is 288 g/mol. The molecule has 0 aliphatic rings. The summed E-state index contributed by atoms with van der Waals surface area (Å²) in [5, 5.41) is 10.6. The van der Waals surface area contributed by atoms with Crippen LogP contribution in [0.5, 0.6) is 0 Å². The summed E-state index contributed by atoms with van der Waals surface area (Å²) < 4.78 is 4.80. The van der Waals surface area contributed by atoms with Gasteiger partial charge in [-0.05, 0) is 24.6 Å². The summed E-state index contributed by atoms with van der Waals surface area (Å²) >= 11 is 0. The Labute approximate surface area is 119 Å². The first-order valence-electron chi connectivity index (χ1n) is 6.17. The van der Waals surface area contributed by atoms with Crippen molar-refractivity contribution < 1.29 is 14.5 Å². The predicted molar refractivity (Wildman–Crippen MR) is 75.1 cm³/mol. The van der Waals surface area contributed by atoms with Crippen LogP contribution >= 0.6 is 0 Å². The van der Waals surface area contributed by atoms with Crippen molar-refractivity contribution in [2.24, 2.45) is 0 Å². The molecule has 1 heterocycles. The maximum Gasteiger partial charge on any atom is 0.343 e. The zero-order valence-corrected chi connectivity index (χ0v) is 11.2.